The Bertz CT molecular complexity index is 152. The molecule has 62 valence electrons. The average Bonchev–Trinajstić information content (AvgIpc) is 2.80. The van der Waals surface area contributed by atoms with Crippen molar-refractivity contribution in [2.75, 3.05) is 26.2 Å². The van der Waals surface area contributed by atoms with Gasteiger partial charge in [0.2, 0.25) is 5.91 Å². The SMILES string of the molecule is C=CCNC(=O)CCN1CC1. The molecule has 0 spiro atoms. The minimum Gasteiger partial charge on any atom is -0.353 e. The molecule has 0 aromatic rings. The van der Waals surface area contributed by atoms with E-state index in [1.165, 1.54) is 0 Å². The van der Waals surface area contributed by atoms with Gasteiger partial charge in [0.15, 0.2) is 0 Å². The fraction of sp³-hybridized carbons (Fsp3) is 0.625. The smallest absolute Gasteiger partial charge is 0.221 e. The zero-order valence-electron chi connectivity index (χ0n) is 6.68. The number of hydrogen-bond donors (Lipinski definition) is 1. The minimum absolute atomic E-state index is 0.122. The maximum absolute atomic E-state index is 10.9. The van der Waals surface area contributed by atoms with Gasteiger partial charge in [0.25, 0.3) is 0 Å². The van der Waals surface area contributed by atoms with Crippen LogP contribution in [0.3, 0.4) is 0 Å². The second-order valence-corrected chi connectivity index (χ2v) is 2.68. The lowest BCUT2D eigenvalue weighted by Gasteiger charge is -2.01. The zero-order chi connectivity index (χ0) is 8.10. The van der Waals surface area contributed by atoms with Crippen molar-refractivity contribution >= 4 is 5.91 Å². The molecule has 0 aromatic heterocycles. The number of nitrogens with one attached hydrogen (secondary N) is 1. The number of nitrogens with zero attached hydrogens (tertiary/aromatic N) is 1. The molecule has 1 aliphatic heterocycles. The monoisotopic (exact) mass is 154 g/mol. The molecule has 0 aliphatic carbocycles. The molecular weight excluding hydrogens is 140 g/mol. The molecule has 3 heteroatoms. The van der Waals surface area contributed by atoms with Crippen LogP contribution in [0.25, 0.3) is 0 Å². The van der Waals surface area contributed by atoms with E-state index in [1.807, 2.05) is 0 Å². The van der Waals surface area contributed by atoms with E-state index >= 15 is 0 Å². The fourth-order valence-corrected chi connectivity index (χ4v) is 0.828. The summed E-state index contributed by atoms with van der Waals surface area (Å²) >= 11 is 0. The Balaban J connectivity index is 1.95. The van der Waals surface area contributed by atoms with Gasteiger partial charge in [-0.3, -0.25) is 4.79 Å². The van der Waals surface area contributed by atoms with Crippen molar-refractivity contribution in [1.82, 2.24) is 10.2 Å². The molecule has 0 radical (unpaired) electrons. The number of rotatable bonds is 5. The van der Waals surface area contributed by atoms with Crippen molar-refractivity contribution in [1.29, 1.82) is 0 Å². The summed E-state index contributed by atoms with van der Waals surface area (Å²) in [4.78, 5) is 13.2. The maximum atomic E-state index is 10.9. The lowest BCUT2D eigenvalue weighted by molar-refractivity contribution is -0.120. The van der Waals surface area contributed by atoms with E-state index in [1.54, 1.807) is 6.08 Å². The summed E-state index contributed by atoms with van der Waals surface area (Å²) in [5.41, 5.74) is 0. The molecular formula is C8H14N2O. The summed E-state index contributed by atoms with van der Waals surface area (Å²) in [5, 5.41) is 2.73. The highest BCUT2D eigenvalue weighted by Crippen LogP contribution is 2.02. The van der Waals surface area contributed by atoms with Crippen LogP contribution in [0.4, 0.5) is 0 Å². The summed E-state index contributed by atoms with van der Waals surface area (Å²) in [7, 11) is 0. The van der Waals surface area contributed by atoms with Crippen LogP contribution in [0.15, 0.2) is 12.7 Å². The first-order valence-corrected chi connectivity index (χ1v) is 3.93. The third-order valence-electron chi connectivity index (χ3n) is 1.64. The van der Waals surface area contributed by atoms with Gasteiger partial charge >= 0.3 is 0 Å². The molecule has 1 aliphatic rings. The van der Waals surface area contributed by atoms with Crippen molar-refractivity contribution in [3.8, 4) is 0 Å². The molecule has 1 saturated heterocycles. The molecule has 0 unspecified atom stereocenters. The summed E-state index contributed by atoms with van der Waals surface area (Å²) in [6.45, 7) is 7.33. The van der Waals surface area contributed by atoms with Crippen molar-refractivity contribution < 1.29 is 4.79 Å². The normalized spacial score (nSPS) is 16.0. The lowest BCUT2D eigenvalue weighted by atomic mass is 10.4. The van der Waals surface area contributed by atoms with Crippen LogP contribution < -0.4 is 5.32 Å². The van der Waals surface area contributed by atoms with Gasteiger partial charge in [0.05, 0.1) is 0 Å². The van der Waals surface area contributed by atoms with Gasteiger partial charge in [0, 0.05) is 32.6 Å². The maximum Gasteiger partial charge on any atom is 0.221 e. The minimum atomic E-state index is 0.122. The Morgan fingerprint density at radius 1 is 1.64 bits per heavy atom. The molecule has 1 rings (SSSR count). The first-order valence-electron chi connectivity index (χ1n) is 3.93. The van der Waals surface area contributed by atoms with Crippen LogP contribution in [0, 0.1) is 0 Å². The van der Waals surface area contributed by atoms with Crippen LogP contribution in [-0.4, -0.2) is 37.0 Å². The van der Waals surface area contributed by atoms with Crippen molar-refractivity contribution in [2.45, 2.75) is 6.42 Å². The molecule has 11 heavy (non-hydrogen) atoms. The van der Waals surface area contributed by atoms with Crippen LogP contribution in [0.5, 0.6) is 0 Å². The summed E-state index contributed by atoms with van der Waals surface area (Å²) in [6.07, 6.45) is 2.31. The Kier molecular flexibility index (Phi) is 3.11. The Labute approximate surface area is 67.1 Å². The second kappa shape index (κ2) is 4.13. The molecule has 3 nitrogen and oxygen atoms in total. The predicted octanol–water partition coefficient (Wildman–Crippen LogP) is -0.00570. The van der Waals surface area contributed by atoms with Gasteiger partial charge < -0.3 is 10.2 Å². The summed E-state index contributed by atoms with van der Waals surface area (Å²) < 4.78 is 0. The molecule has 0 saturated carbocycles. The van der Waals surface area contributed by atoms with Crippen LogP contribution in [0.2, 0.25) is 0 Å². The topological polar surface area (TPSA) is 32.1 Å². The molecule has 1 heterocycles. The third kappa shape index (κ3) is 3.78. The highest BCUT2D eigenvalue weighted by Gasteiger charge is 2.17. The van der Waals surface area contributed by atoms with Gasteiger partial charge in [0.1, 0.15) is 0 Å². The number of amides is 1. The van der Waals surface area contributed by atoms with E-state index in [4.69, 9.17) is 0 Å². The van der Waals surface area contributed by atoms with Crippen molar-refractivity contribution in [3.63, 3.8) is 0 Å². The van der Waals surface area contributed by atoms with E-state index in [2.05, 4.69) is 16.8 Å². The number of carbonyl (C=O) groups excluding carboxylic acids is 1. The first kappa shape index (κ1) is 8.27. The molecule has 1 N–H and O–H groups in total. The number of carbonyl (C=O) groups is 1. The van der Waals surface area contributed by atoms with Gasteiger partial charge in [-0.05, 0) is 0 Å². The molecule has 0 atom stereocenters. The van der Waals surface area contributed by atoms with Crippen molar-refractivity contribution in [3.05, 3.63) is 12.7 Å². The highest BCUT2D eigenvalue weighted by atomic mass is 16.1. The van der Waals surface area contributed by atoms with Gasteiger partial charge in [-0.2, -0.15) is 0 Å². The second-order valence-electron chi connectivity index (χ2n) is 2.68. The van der Waals surface area contributed by atoms with Crippen LogP contribution >= 0.6 is 0 Å². The van der Waals surface area contributed by atoms with E-state index in [-0.39, 0.29) is 5.91 Å². The van der Waals surface area contributed by atoms with Gasteiger partial charge in [-0.1, -0.05) is 6.08 Å². The number of hydrogen-bond acceptors (Lipinski definition) is 2. The lowest BCUT2D eigenvalue weighted by Crippen LogP contribution is -2.25. The summed E-state index contributed by atoms with van der Waals surface area (Å²) in [6, 6.07) is 0. The quantitative estimate of drug-likeness (QED) is 0.446. The first-order chi connectivity index (χ1) is 5.33. The Hall–Kier alpha value is -0.830. The Morgan fingerprint density at radius 2 is 2.36 bits per heavy atom. The molecule has 0 bridgehead atoms. The largest absolute Gasteiger partial charge is 0.353 e. The van der Waals surface area contributed by atoms with Crippen molar-refractivity contribution in [2.24, 2.45) is 0 Å². The highest BCUT2D eigenvalue weighted by molar-refractivity contribution is 5.76. The third-order valence-corrected chi connectivity index (χ3v) is 1.64. The van der Waals surface area contributed by atoms with E-state index < -0.39 is 0 Å². The molecule has 1 fully saturated rings. The predicted molar refractivity (Wildman–Crippen MR) is 44.3 cm³/mol. The van der Waals surface area contributed by atoms with Gasteiger partial charge in [-0.15, -0.1) is 6.58 Å². The van der Waals surface area contributed by atoms with Gasteiger partial charge in [-0.25, -0.2) is 0 Å². The average molecular weight is 154 g/mol. The van der Waals surface area contributed by atoms with E-state index in [0.717, 1.165) is 19.6 Å². The van der Waals surface area contributed by atoms with E-state index in [9.17, 15) is 4.79 Å². The standard InChI is InChI=1S/C8H14N2O/c1-2-4-9-8(11)3-5-10-6-7-10/h2H,1,3-7H2,(H,9,11). The molecule has 1 amide bonds. The fourth-order valence-electron chi connectivity index (χ4n) is 0.828. The summed E-state index contributed by atoms with van der Waals surface area (Å²) in [5.74, 6) is 0.122. The van der Waals surface area contributed by atoms with Crippen LogP contribution in [0.1, 0.15) is 6.42 Å². The van der Waals surface area contributed by atoms with E-state index in [0.29, 0.717) is 13.0 Å². The Morgan fingerprint density at radius 3 is 2.91 bits per heavy atom. The zero-order valence-corrected chi connectivity index (χ0v) is 6.68. The van der Waals surface area contributed by atoms with Crippen LogP contribution in [-0.2, 0) is 4.79 Å². The molecule has 0 aromatic carbocycles.